The summed E-state index contributed by atoms with van der Waals surface area (Å²) in [4.78, 5) is 8.98. The average Bonchev–Trinajstić information content (AvgIpc) is 3.08. The summed E-state index contributed by atoms with van der Waals surface area (Å²) in [6.45, 7) is 1.93. The predicted molar refractivity (Wildman–Crippen MR) is 79.7 cm³/mol. The zero-order valence-corrected chi connectivity index (χ0v) is 13.2. The fraction of sp³-hybridized carbons (Fsp3) is 0.250. The van der Waals surface area contributed by atoms with Crippen molar-refractivity contribution in [3.63, 3.8) is 0 Å². The second kappa shape index (κ2) is 4.10. The largest absolute Gasteiger partial charge is 0.263 e. The molecule has 8 nitrogen and oxygen atoms in total. The van der Waals surface area contributed by atoms with Crippen LogP contribution in [0.25, 0.3) is 28.2 Å². The third-order valence-electron chi connectivity index (χ3n) is 3.43. The molecule has 4 aromatic rings. The predicted octanol–water partition coefficient (Wildman–Crippen LogP) is 1.48. The van der Waals surface area contributed by atoms with Gasteiger partial charge in [0.1, 0.15) is 12.0 Å². The molecule has 0 N–H and O–H groups in total. The zero-order chi connectivity index (χ0) is 14.7. The van der Waals surface area contributed by atoms with Crippen molar-refractivity contribution in [1.82, 2.24) is 39.1 Å². The van der Waals surface area contributed by atoms with Crippen LogP contribution in [0.1, 0.15) is 5.69 Å². The molecule has 0 fully saturated rings. The molecule has 0 atom stereocenters. The second-order valence-corrected chi connectivity index (χ2v) is 5.62. The number of hydrogen-bond donors (Lipinski definition) is 0. The molecule has 0 aliphatic carbocycles. The van der Waals surface area contributed by atoms with E-state index in [1.54, 1.807) is 26.4 Å². The highest BCUT2D eigenvalue weighted by Crippen LogP contribution is 2.29. The highest BCUT2D eigenvalue weighted by molar-refractivity contribution is 9.10. The van der Waals surface area contributed by atoms with Crippen LogP contribution in [0.3, 0.4) is 0 Å². The second-order valence-electron chi connectivity index (χ2n) is 4.83. The minimum absolute atomic E-state index is 0.600. The number of aromatic nitrogens is 8. The smallest absolute Gasteiger partial charge is 0.201 e. The summed E-state index contributed by atoms with van der Waals surface area (Å²) >= 11 is 3.54. The number of rotatable bonds is 1. The van der Waals surface area contributed by atoms with Gasteiger partial charge in [-0.1, -0.05) is 0 Å². The van der Waals surface area contributed by atoms with E-state index in [2.05, 4.69) is 41.2 Å². The molecule has 0 bridgehead atoms. The van der Waals surface area contributed by atoms with Crippen molar-refractivity contribution in [3.05, 3.63) is 22.7 Å². The van der Waals surface area contributed by atoms with Gasteiger partial charge in [0.2, 0.25) is 5.82 Å². The van der Waals surface area contributed by atoms with E-state index in [1.165, 1.54) is 0 Å². The van der Waals surface area contributed by atoms with Crippen LogP contribution in [0, 0.1) is 6.92 Å². The Labute approximate surface area is 127 Å². The van der Waals surface area contributed by atoms with Crippen LogP contribution < -0.4 is 0 Å². The van der Waals surface area contributed by atoms with Crippen molar-refractivity contribution in [2.24, 2.45) is 14.1 Å². The van der Waals surface area contributed by atoms with Crippen molar-refractivity contribution in [2.45, 2.75) is 6.92 Å². The first kappa shape index (κ1) is 12.5. The molecule has 0 aliphatic rings. The summed E-state index contributed by atoms with van der Waals surface area (Å²) in [5.41, 5.74) is 3.25. The van der Waals surface area contributed by atoms with Crippen molar-refractivity contribution in [2.75, 3.05) is 0 Å². The lowest BCUT2D eigenvalue weighted by Crippen LogP contribution is -1.96. The van der Waals surface area contributed by atoms with Gasteiger partial charge in [-0.3, -0.25) is 9.36 Å². The monoisotopic (exact) mass is 346 g/mol. The lowest BCUT2D eigenvalue weighted by atomic mass is 10.3. The van der Waals surface area contributed by atoms with Gasteiger partial charge < -0.3 is 0 Å². The Morgan fingerprint density at radius 2 is 1.90 bits per heavy atom. The molecule has 21 heavy (non-hydrogen) atoms. The standard InChI is InChI=1S/C12H11BrN8/c1-6-8(13)9(19(2)17-6)10-16-12-7-4-15-20(3)11(7)14-5-21(12)18-10/h4-5H,1-3H3. The van der Waals surface area contributed by atoms with E-state index in [0.29, 0.717) is 5.82 Å². The summed E-state index contributed by atoms with van der Waals surface area (Å²) in [7, 11) is 3.72. The topological polar surface area (TPSA) is 78.7 Å². The van der Waals surface area contributed by atoms with Gasteiger partial charge in [0.15, 0.2) is 11.3 Å². The van der Waals surface area contributed by atoms with Crippen LogP contribution in [-0.4, -0.2) is 39.1 Å². The van der Waals surface area contributed by atoms with Crippen LogP contribution in [-0.2, 0) is 14.1 Å². The molecule has 0 amide bonds. The van der Waals surface area contributed by atoms with Crippen molar-refractivity contribution < 1.29 is 0 Å². The van der Waals surface area contributed by atoms with Crippen molar-refractivity contribution >= 4 is 32.6 Å². The first-order valence-corrected chi connectivity index (χ1v) is 7.08. The quantitative estimate of drug-likeness (QED) is 0.521. The molecule has 0 saturated heterocycles. The van der Waals surface area contributed by atoms with Gasteiger partial charge in [0.25, 0.3) is 0 Å². The fourth-order valence-electron chi connectivity index (χ4n) is 2.41. The Bertz CT molecular complexity index is 992. The maximum Gasteiger partial charge on any atom is 0.201 e. The number of nitrogens with zero attached hydrogens (tertiary/aromatic N) is 8. The molecule has 0 spiro atoms. The number of hydrogen-bond acceptors (Lipinski definition) is 5. The number of aryl methyl sites for hydroxylation is 3. The van der Waals surface area contributed by atoms with Gasteiger partial charge in [-0.2, -0.15) is 10.2 Å². The van der Waals surface area contributed by atoms with Crippen LogP contribution in [0.5, 0.6) is 0 Å². The lowest BCUT2D eigenvalue weighted by molar-refractivity contribution is 0.757. The van der Waals surface area contributed by atoms with Gasteiger partial charge in [-0.15, -0.1) is 5.10 Å². The summed E-state index contributed by atoms with van der Waals surface area (Å²) in [6, 6.07) is 0. The minimum atomic E-state index is 0.600. The van der Waals surface area contributed by atoms with Gasteiger partial charge in [0.05, 0.1) is 21.7 Å². The molecule has 0 saturated carbocycles. The third kappa shape index (κ3) is 1.63. The first-order chi connectivity index (χ1) is 10.1. The molecule has 9 heteroatoms. The summed E-state index contributed by atoms with van der Waals surface area (Å²) in [5.74, 6) is 0.600. The number of fused-ring (bicyclic) bond motifs is 3. The van der Waals surface area contributed by atoms with E-state index in [0.717, 1.165) is 32.5 Å². The molecule has 0 aromatic carbocycles. The maximum atomic E-state index is 4.63. The van der Waals surface area contributed by atoms with E-state index in [4.69, 9.17) is 0 Å². The SMILES string of the molecule is Cc1nn(C)c(-c2nc3c4cnn(C)c4ncn3n2)c1Br. The van der Waals surface area contributed by atoms with E-state index in [9.17, 15) is 0 Å². The van der Waals surface area contributed by atoms with E-state index < -0.39 is 0 Å². The van der Waals surface area contributed by atoms with Crippen LogP contribution >= 0.6 is 15.9 Å². The first-order valence-electron chi connectivity index (χ1n) is 6.29. The summed E-state index contributed by atoms with van der Waals surface area (Å²) in [6.07, 6.45) is 3.40. The maximum absolute atomic E-state index is 4.63. The van der Waals surface area contributed by atoms with Crippen LogP contribution in [0.4, 0.5) is 0 Å². The van der Waals surface area contributed by atoms with Crippen LogP contribution in [0.2, 0.25) is 0 Å². The lowest BCUT2D eigenvalue weighted by Gasteiger charge is -1.95. The van der Waals surface area contributed by atoms with E-state index in [-0.39, 0.29) is 0 Å². The van der Waals surface area contributed by atoms with Gasteiger partial charge >= 0.3 is 0 Å². The van der Waals surface area contributed by atoms with Crippen molar-refractivity contribution in [1.29, 1.82) is 0 Å². The summed E-state index contributed by atoms with van der Waals surface area (Å²) < 4.78 is 6.04. The number of halogens is 1. The summed E-state index contributed by atoms with van der Waals surface area (Å²) in [5, 5.41) is 13.9. The van der Waals surface area contributed by atoms with Gasteiger partial charge in [0, 0.05) is 14.1 Å². The Morgan fingerprint density at radius 1 is 1.10 bits per heavy atom. The highest BCUT2D eigenvalue weighted by atomic mass is 79.9. The van der Waals surface area contributed by atoms with Crippen molar-refractivity contribution in [3.8, 4) is 11.5 Å². The molecule has 4 heterocycles. The molecule has 0 unspecified atom stereocenters. The Hall–Kier alpha value is -2.29. The minimum Gasteiger partial charge on any atom is -0.263 e. The normalized spacial score (nSPS) is 11.8. The Balaban J connectivity index is 2.05. The zero-order valence-electron chi connectivity index (χ0n) is 11.6. The van der Waals surface area contributed by atoms with E-state index >= 15 is 0 Å². The van der Waals surface area contributed by atoms with Gasteiger partial charge in [-0.25, -0.2) is 14.5 Å². The Morgan fingerprint density at radius 3 is 2.62 bits per heavy atom. The molecule has 106 valence electrons. The molecule has 4 rings (SSSR count). The fourth-order valence-corrected chi connectivity index (χ4v) is 2.93. The van der Waals surface area contributed by atoms with Gasteiger partial charge in [-0.05, 0) is 22.9 Å². The molecular formula is C12H11BrN8. The van der Waals surface area contributed by atoms with Crippen LogP contribution in [0.15, 0.2) is 17.0 Å². The third-order valence-corrected chi connectivity index (χ3v) is 4.38. The average molecular weight is 347 g/mol. The molecule has 0 aliphatic heterocycles. The highest BCUT2D eigenvalue weighted by Gasteiger charge is 2.19. The Kier molecular flexibility index (Phi) is 2.43. The molecular weight excluding hydrogens is 336 g/mol. The van der Waals surface area contributed by atoms with E-state index in [1.807, 2.05) is 21.0 Å². The molecule has 4 aromatic heterocycles. The molecule has 0 radical (unpaired) electrons.